The lowest BCUT2D eigenvalue weighted by Crippen LogP contribution is -2.06. The summed E-state index contributed by atoms with van der Waals surface area (Å²) in [5.41, 5.74) is 2.50. The van der Waals surface area contributed by atoms with E-state index in [1.807, 2.05) is 30.3 Å². The molecule has 1 saturated heterocycles. The topological polar surface area (TPSA) is 36.3 Å². The van der Waals surface area contributed by atoms with Gasteiger partial charge in [0.15, 0.2) is 0 Å². The normalized spacial score (nSPS) is 24.4. The van der Waals surface area contributed by atoms with E-state index >= 15 is 0 Å². The van der Waals surface area contributed by atoms with Crippen LogP contribution in [0.1, 0.15) is 42.6 Å². The van der Waals surface area contributed by atoms with E-state index in [4.69, 9.17) is 4.74 Å². The Labute approximate surface area is 119 Å². The van der Waals surface area contributed by atoms with Gasteiger partial charge in [-0.1, -0.05) is 68.4 Å². The molecule has 2 aromatic carbocycles. The van der Waals surface area contributed by atoms with Gasteiger partial charge in [0.25, 0.3) is 0 Å². The lowest BCUT2D eigenvalue weighted by atomic mass is 9.92. The van der Waals surface area contributed by atoms with Gasteiger partial charge in [0.1, 0.15) is 12.2 Å². The average Bonchev–Trinajstić information content (AvgIpc) is 3.24. The third-order valence-electron chi connectivity index (χ3n) is 3.89. The molecule has 2 aromatic rings. The third kappa shape index (κ3) is 2.01. The molecule has 0 radical (unpaired) electrons. The quantitative estimate of drug-likeness (QED) is 0.774. The summed E-state index contributed by atoms with van der Waals surface area (Å²) in [6.07, 6.45) is -0.156. The molecule has 1 fully saturated rings. The van der Waals surface area contributed by atoms with Gasteiger partial charge in [-0.25, -0.2) is 0 Å². The number of epoxide rings is 1. The Balaban J connectivity index is 1.89. The fourth-order valence-corrected chi connectivity index (χ4v) is 2.57. The molecule has 2 heteroatoms. The molecule has 2 atom stereocenters. The first-order valence-corrected chi connectivity index (χ1v) is 6.92. The molecule has 2 nitrogen and oxygen atoms in total. The molecule has 0 amide bonds. The Kier molecular flexibility index (Phi) is 3.08. The van der Waals surface area contributed by atoms with Crippen LogP contribution < -0.4 is 0 Å². The molecule has 1 heterocycles. The first kappa shape index (κ1) is 12.9. The summed E-state index contributed by atoms with van der Waals surface area (Å²) < 4.78 is 5.77. The first-order valence-electron chi connectivity index (χ1n) is 6.92. The van der Waals surface area contributed by atoms with Crippen LogP contribution in [0, 0.1) is 11.3 Å². The summed E-state index contributed by atoms with van der Waals surface area (Å²) in [6, 6.07) is 20.4. The van der Waals surface area contributed by atoms with Crippen molar-refractivity contribution in [3.05, 3.63) is 71.3 Å². The zero-order chi connectivity index (χ0) is 14.2. The van der Waals surface area contributed by atoms with E-state index in [-0.39, 0.29) is 6.10 Å². The summed E-state index contributed by atoms with van der Waals surface area (Å²) in [5.74, 6) is 0.513. The molecule has 1 aliphatic rings. The molecule has 0 aromatic heterocycles. The van der Waals surface area contributed by atoms with Crippen molar-refractivity contribution < 1.29 is 4.74 Å². The van der Waals surface area contributed by atoms with Crippen molar-refractivity contribution in [1.82, 2.24) is 0 Å². The highest BCUT2D eigenvalue weighted by molar-refractivity contribution is 5.42. The van der Waals surface area contributed by atoms with Crippen molar-refractivity contribution in [1.29, 1.82) is 5.26 Å². The smallest absolute Gasteiger partial charge is 0.210 e. The number of benzene rings is 2. The minimum absolute atomic E-state index is 0.156. The molecule has 2 unspecified atom stereocenters. The van der Waals surface area contributed by atoms with E-state index in [9.17, 15) is 5.26 Å². The van der Waals surface area contributed by atoms with Crippen LogP contribution in [0.3, 0.4) is 0 Å². The predicted octanol–water partition coefficient (Wildman–Crippen LogP) is 4.30. The summed E-state index contributed by atoms with van der Waals surface area (Å²) >= 11 is 0. The van der Waals surface area contributed by atoms with Gasteiger partial charge >= 0.3 is 0 Å². The Morgan fingerprint density at radius 2 is 1.70 bits per heavy atom. The Morgan fingerprint density at radius 1 is 1.05 bits per heavy atom. The van der Waals surface area contributed by atoms with Crippen LogP contribution >= 0.6 is 0 Å². The van der Waals surface area contributed by atoms with E-state index in [2.05, 4.69) is 44.2 Å². The van der Waals surface area contributed by atoms with Crippen LogP contribution in [0.5, 0.6) is 0 Å². The molecule has 20 heavy (non-hydrogen) atoms. The largest absolute Gasteiger partial charge is 0.340 e. The van der Waals surface area contributed by atoms with Crippen LogP contribution in [-0.2, 0) is 10.3 Å². The van der Waals surface area contributed by atoms with Crippen molar-refractivity contribution in [3.8, 4) is 6.07 Å². The zero-order valence-corrected chi connectivity index (χ0v) is 11.7. The average molecular weight is 263 g/mol. The monoisotopic (exact) mass is 263 g/mol. The lowest BCUT2D eigenvalue weighted by molar-refractivity contribution is 0.340. The van der Waals surface area contributed by atoms with Gasteiger partial charge < -0.3 is 4.74 Å². The summed E-state index contributed by atoms with van der Waals surface area (Å²) in [5, 5.41) is 9.51. The second kappa shape index (κ2) is 4.77. The van der Waals surface area contributed by atoms with Gasteiger partial charge in [-0.3, -0.25) is 0 Å². The van der Waals surface area contributed by atoms with Gasteiger partial charge in [-0.2, -0.15) is 5.26 Å². The summed E-state index contributed by atoms with van der Waals surface area (Å²) in [7, 11) is 0. The van der Waals surface area contributed by atoms with Crippen molar-refractivity contribution in [2.45, 2.75) is 31.5 Å². The second-order valence-corrected chi connectivity index (χ2v) is 5.53. The molecular formula is C18H17NO. The number of hydrogen-bond acceptors (Lipinski definition) is 2. The maximum atomic E-state index is 9.51. The standard InChI is InChI=1S/C18H17NO/c1-13(2)14-8-10-15(11-9-14)17-18(12-19,20-17)16-6-4-3-5-7-16/h3-11,13,17H,1-2H3. The van der Waals surface area contributed by atoms with Gasteiger partial charge in [0, 0.05) is 5.56 Å². The second-order valence-electron chi connectivity index (χ2n) is 5.53. The highest BCUT2D eigenvalue weighted by Crippen LogP contribution is 2.56. The van der Waals surface area contributed by atoms with E-state index in [0.29, 0.717) is 5.92 Å². The fraction of sp³-hybridized carbons (Fsp3) is 0.278. The lowest BCUT2D eigenvalue weighted by Gasteiger charge is -2.07. The molecule has 100 valence electrons. The molecule has 1 aliphatic heterocycles. The predicted molar refractivity (Wildman–Crippen MR) is 78.1 cm³/mol. The molecule has 0 aliphatic carbocycles. The minimum atomic E-state index is -0.805. The third-order valence-corrected chi connectivity index (χ3v) is 3.89. The van der Waals surface area contributed by atoms with Gasteiger partial charge in [0.2, 0.25) is 5.60 Å². The van der Waals surface area contributed by atoms with E-state index in [1.165, 1.54) is 5.56 Å². The van der Waals surface area contributed by atoms with Crippen LogP contribution in [0.2, 0.25) is 0 Å². The Bertz CT molecular complexity index is 639. The number of ether oxygens (including phenoxy) is 1. The van der Waals surface area contributed by atoms with Crippen molar-refractivity contribution in [2.75, 3.05) is 0 Å². The van der Waals surface area contributed by atoms with E-state index in [0.717, 1.165) is 11.1 Å². The highest BCUT2D eigenvalue weighted by Gasteiger charge is 2.59. The molecule has 0 spiro atoms. The van der Waals surface area contributed by atoms with Crippen molar-refractivity contribution in [3.63, 3.8) is 0 Å². The molecule has 3 rings (SSSR count). The molecule has 0 bridgehead atoms. The van der Waals surface area contributed by atoms with Crippen LogP contribution in [0.15, 0.2) is 54.6 Å². The highest BCUT2D eigenvalue weighted by atomic mass is 16.6. The molecule has 0 saturated carbocycles. The minimum Gasteiger partial charge on any atom is -0.340 e. The van der Waals surface area contributed by atoms with Gasteiger partial charge in [0.05, 0.1) is 0 Å². The van der Waals surface area contributed by atoms with E-state index in [1.54, 1.807) is 0 Å². The molecule has 0 N–H and O–H groups in total. The van der Waals surface area contributed by atoms with Crippen molar-refractivity contribution in [2.24, 2.45) is 0 Å². The van der Waals surface area contributed by atoms with Gasteiger partial charge in [-0.05, 0) is 17.0 Å². The molecular weight excluding hydrogens is 246 g/mol. The number of nitrogens with zero attached hydrogens (tertiary/aromatic N) is 1. The zero-order valence-electron chi connectivity index (χ0n) is 11.7. The van der Waals surface area contributed by atoms with Gasteiger partial charge in [-0.15, -0.1) is 0 Å². The van der Waals surface area contributed by atoms with Crippen LogP contribution in [0.25, 0.3) is 0 Å². The summed E-state index contributed by atoms with van der Waals surface area (Å²) in [6.45, 7) is 4.35. The van der Waals surface area contributed by atoms with E-state index < -0.39 is 5.60 Å². The fourth-order valence-electron chi connectivity index (χ4n) is 2.57. The first-order chi connectivity index (χ1) is 9.67. The number of hydrogen-bond donors (Lipinski definition) is 0. The number of rotatable bonds is 3. The van der Waals surface area contributed by atoms with Crippen molar-refractivity contribution >= 4 is 0 Å². The maximum absolute atomic E-state index is 9.51. The SMILES string of the molecule is CC(C)c1ccc(C2OC2(C#N)c2ccccc2)cc1. The maximum Gasteiger partial charge on any atom is 0.210 e. The van der Waals surface area contributed by atoms with Crippen LogP contribution in [-0.4, -0.2) is 0 Å². The number of nitriles is 1. The Hall–Kier alpha value is -2.11. The van der Waals surface area contributed by atoms with Crippen LogP contribution in [0.4, 0.5) is 0 Å². The Morgan fingerprint density at radius 3 is 2.25 bits per heavy atom. The summed E-state index contributed by atoms with van der Waals surface area (Å²) in [4.78, 5) is 0.